The molecule has 0 unspecified atom stereocenters. The molecule has 1 saturated heterocycles. The van der Waals surface area contributed by atoms with Crippen molar-refractivity contribution in [2.45, 2.75) is 25.9 Å². The number of nitrogens with zero attached hydrogens (tertiary/aromatic N) is 4. The van der Waals surface area contributed by atoms with Gasteiger partial charge in [-0.3, -0.25) is 4.90 Å². The minimum atomic E-state index is 0.0965. The summed E-state index contributed by atoms with van der Waals surface area (Å²) in [7, 11) is 0. The third kappa shape index (κ3) is 3.40. The molecule has 2 aromatic rings. The quantitative estimate of drug-likeness (QED) is 0.935. The number of aromatic nitrogens is 3. The summed E-state index contributed by atoms with van der Waals surface area (Å²) in [6, 6.07) is 8.11. The Balaban J connectivity index is 1.81. The van der Waals surface area contributed by atoms with E-state index in [0.717, 1.165) is 30.6 Å². The normalized spacial score (nSPS) is 19.3. The van der Waals surface area contributed by atoms with E-state index in [9.17, 15) is 0 Å². The Morgan fingerprint density at radius 2 is 2.09 bits per heavy atom. The van der Waals surface area contributed by atoms with Crippen LogP contribution in [0.1, 0.15) is 25.7 Å². The van der Waals surface area contributed by atoms with Gasteiger partial charge in [0, 0.05) is 25.0 Å². The SMILES string of the molecule is CC(C)N1CCOC[C@H]1c1nccc(Nc2ccccn2)n1. The van der Waals surface area contributed by atoms with E-state index in [1.165, 1.54) is 0 Å². The average Bonchev–Trinajstić information content (AvgIpc) is 2.56. The van der Waals surface area contributed by atoms with Gasteiger partial charge in [-0.05, 0) is 32.0 Å². The van der Waals surface area contributed by atoms with Gasteiger partial charge in [-0.15, -0.1) is 0 Å². The number of ether oxygens (including phenoxy) is 1. The lowest BCUT2D eigenvalue weighted by molar-refractivity contribution is -0.0264. The number of rotatable bonds is 4. The van der Waals surface area contributed by atoms with Crippen molar-refractivity contribution in [3.05, 3.63) is 42.5 Å². The molecule has 0 aliphatic carbocycles. The first kappa shape index (κ1) is 14.9. The van der Waals surface area contributed by atoms with Crippen LogP contribution in [0.3, 0.4) is 0 Å². The molecule has 0 spiro atoms. The molecule has 6 nitrogen and oxygen atoms in total. The fourth-order valence-electron chi connectivity index (χ4n) is 2.63. The first-order chi connectivity index (χ1) is 10.7. The van der Waals surface area contributed by atoms with E-state index in [0.29, 0.717) is 12.6 Å². The molecule has 0 amide bonds. The minimum Gasteiger partial charge on any atom is -0.378 e. The van der Waals surface area contributed by atoms with Crippen molar-refractivity contribution in [3.8, 4) is 0 Å². The Morgan fingerprint density at radius 3 is 2.86 bits per heavy atom. The minimum absolute atomic E-state index is 0.0965. The number of pyridine rings is 1. The average molecular weight is 299 g/mol. The monoisotopic (exact) mass is 299 g/mol. The Hall–Kier alpha value is -2.05. The van der Waals surface area contributed by atoms with Crippen LogP contribution in [0.2, 0.25) is 0 Å². The first-order valence-corrected chi connectivity index (χ1v) is 7.58. The zero-order valence-electron chi connectivity index (χ0n) is 12.9. The number of anilines is 2. The number of nitrogens with one attached hydrogen (secondary N) is 1. The molecule has 1 N–H and O–H groups in total. The van der Waals surface area contributed by atoms with Crippen LogP contribution >= 0.6 is 0 Å². The van der Waals surface area contributed by atoms with Crippen LogP contribution < -0.4 is 5.32 Å². The maximum absolute atomic E-state index is 5.62. The van der Waals surface area contributed by atoms with Crippen LogP contribution in [0.25, 0.3) is 0 Å². The molecule has 0 saturated carbocycles. The van der Waals surface area contributed by atoms with Gasteiger partial charge in [0.2, 0.25) is 0 Å². The zero-order valence-corrected chi connectivity index (χ0v) is 12.9. The Kier molecular flexibility index (Phi) is 4.60. The van der Waals surface area contributed by atoms with Crippen molar-refractivity contribution in [1.29, 1.82) is 0 Å². The van der Waals surface area contributed by atoms with Crippen molar-refractivity contribution in [2.24, 2.45) is 0 Å². The van der Waals surface area contributed by atoms with Gasteiger partial charge in [0.25, 0.3) is 0 Å². The molecule has 2 aromatic heterocycles. The topological polar surface area (TPSA) is 63.2 Å². The highest BCUT2D eigenvalue weighted by Gasteiger charge is 2.28. The predicted molar refractivity (Wildman–Crippen MR) is 85.0 cm³/mol. The van der Waals surface area contributed by atoms with Crippen molar-refractivity contribution in [2.75, 3.05) is 25.1 Å². The number of morpholine rings is 1. The third-order valence-corrected chi connectivity index (χ3v) is 3.73. The van der Waals surface area contributed by atoms with Crippen LogP contribution in [0, 0.1) is 0 Å². The number of hydrogen-bond acceptors (Lipinski definition) is 6. The van der Waals surface area contributed by atoms with Crippen molar-refractivity contribution < 1.29 is 4.74 Å². The molecule has 1 atom stereocenters. The number of hydrogen-bond donors (Lipinski definition) is 1. The molecule has 1 aliphatic rings. The highest BCUT2D eigenvalue weighted by atomic mass is 16.5. The van der Waals surface area contributed by atoms with Crippen LogP contribution in [0.4, 0.5) is 11.6 Å². The van der Waals surface area contributed by atoms with Crippen molar-refractivity contribution >= 4 is 11.6 Å². The molecule has 22 heavy (non-hydrogen) atoms. The summed E-state index contributed by atoms with van der Waals surface area (Å²) in [4.78, 5) is 15.7. The van der Waals surface area contributed by atoms with E-state index >= 15 is 0 Å². The predicted octanol–water partition coefficient (Wildman–Crippen LogP) is 2.40. The molecule has 0 radical (unpaired) electrons. The van der Waals surface area contributed by atoms with Crippen molar-refractivity contribution in [3.63, 3.8) is 0 Å². The van der Waals surface area contributed by atoms with E-state index in [4.69, 9.17) is 4.74 Å². The maximum Gasteiger partial charge on any atom is 0.150 e. The van der Waals surface area contributed by atoms with Gasteiger partial charge in [-0.1, -0.05) is 6.07 Å². The fraction of sp³-hybridized carbons (Fsp3) is 0.438. The summed E-state index contributed by atoms with van der Waals surface area (Å²) in [5, 5.41) is 3.21. The molecule has 0 aromatic carbocycles. The van der Waals surface area contributed by atoms with Gasteiger partial charge >= 0.3 is 0 Å². The van der Waals surface area contributed by atoms with Crippen molar-refractivity contribution in [1.82, 2.24) is 19.9 Å². The van der Waals surface area contributed by atoms with Gasteiger partial charge in [0.05, 0.1) is 19.3 Å². The smallest absolute Gasteiger partial charge is 0.150 e. The Labute approximate surface area is 130 Å². The highest BCUT2D eigenvalue weighted by molar-refractivity contribution is 5.50. The third-order valence-electron chi connectivity index (χ3n) is 3.73. The van der Waals surface area contributed by atoms with E-state index in [1.807, 2.05) is 24.3 Å². The van der Waals surface area contributed by atoms with Crippen LogP contribution in [0.15, 0.2) is 36.7 Å². The Bertz CT molecular complexity index is 604. The molecule has 3 heterocycles. The summed E-state index contributed by atoms with van der Waals surface area (Å²) in [5.74, 6) is 2.31. The maximum atomic E-state index is 5.62. The summed E-state index contributed by atoms with van der Waals surface area (Å²) in [6.07, 6.45) is 3.53. The van der Waals surface area contributed by atoms with E-state index in [2.05, 4.69) is 39.0 Å². The molecule has 3 rings (SSSR count). The molecule has 1 aliphatic heterocycles. The fourth-order valence-corrected chi connectivity index (χ4v) is 2.63. The molecule has 6 heteroatoms. The molecule has 1 fully saturated rings. The molecular weight excluding hydrogens is 278 g/mol. The van der Waals surface area contributed by atoms with Crippen LogP contribution in [-0.2, 0) is 4.74 Å². The molecule has 116 valence electrons. The van der Waals surface area contributed by atoms with E-state index in [1.54, 1.807) is 12.4 Å². The lowest BCUT2D eigenvalue weighted by Crippen LogP contribution is -2.44. The second-order valence-electron chi connectivity index (χ2n) is 5.56. The summed E-state index contributed by atoms with van der Waals surface area (Å²) in [6.45, 7) is 6.68. The van der Waals surface area contributed by atoms with Gasteiger partial charge in [-0.2, -0.15) is 0 Å². The highest BCUT2D eigenvalue weighted by Crippen LogP contribution is 2.24. The van der Waals surface area contributed by atoms with Gasteiger partial charge < -0.3 is 10.1 Å². The summed E-state index contributed by atoms with van der Waals surface area (Å²) < 4.78 is 5.62. The van der Waals surface area contributed by atoms with E-state index < -0.39 is 0 Å². The molecule has 0 bridgehead atoms. The summed E-state index contributed by atoms with van der Waals surface area (Å²) in [5.41, 5.74) is 0. The standard InChI is InChI=1S/C16H21N5O/c1-12(2)21-9-10-22-11-13(21)16-18-8-6-15(20-16)19-14-5-3-4-7-17-14/h3-8,12-13H,9-11H2,1-2H3,(H,17,18,19,20)/t13-/m0/s1. The second kappa shape index (κ2) is 6.81. The lowest BCUT2D eigenvalue weighted by atomic mass is 10.1. The van der Waals surface area contributed by atoms with Crippen LogP contribution in [-0.4, -0.2) is 45.7 Å². The second-order valence-corrected chi connectivity index (χ2v) is 5.56. The van der Waals surface area contributed by atoms with Gasteiger partial charge in [0.1, 0.15) is 17.5 Å². The van der Waals surface area contributed by atoms with Gasteiger partial charge in [0.15, 0.2) is 0 Å². The van der Waals surface area contributed by atoms with Gasteiger partial charge in [-0.25, -0.2) is 15.0 Å². The van der Waals surface area contributed by atoms with E-state index in [-0.39, 0.29) is 6.04 Å². The zero-order chi connectivity index (χ0) is 15.4. The summed E-state index contributed by atoms with van der Waals surface area (Å²) >= 11 is 0. The largest absolute Gasteiger partial charge is 0.378 e. The Morgan fingerprint density at radius 1 is 1.18 bits per heavy atom. The first-order valence-electron chi connectivity index (χ1n) is 7.58. The lowest BCUT2D eigenvalue weighted by Gasteiger charge is -2.37. The molecular formula is C16H21N5O. The van der Waals surface area contributed by atoms with Crippen LogP contribution in [0.5, 0.6) is 0 Å².